The van der Waals surface area contributed by atoms with Crippen LogP contribution in [0.5, 0.6) is 11.5 Å². The molecule has 7 rings (SSSR count). The van der Waals surface area contributed by atoms with E-state index in [1.165, 1.54) is 9.80 Å². The molecule has 8 nitrogen and oxygen atoms in total. The third kappa shape index (κ3) is 2.59. The molecule has 4 amide bonds. The smallest absolute Gasteiger partial charge is 0.238 e. The van der Waals surface area contributed by atoms with Gasteiger partial charge in [0.05, 0.1) is 49.3 Å². The van der Waals surface area contributed by atoms with Gasteiger partial charge in [-0.05, 0) is 48.5 Å². The Kier molecular flexibility index (Phi) is 4.42. The van der Waals surface area contributed by atoms with Gasteiger partial charge in [0.25, 0.3) is 0 Å². The maximum atomic E-state index is 13.5. The van der Waals surface area contributed by atoms with Crippen molar-refractivity contribution < 1.29 is 28.7 Å². The lowest BCUT2D eigenvalue weighted by Gasteiger charge is -2.44. The molecule has 4 atom stereocenters. The van der Waals surface area contributed by atoms with Crippen LogP contribution in [0.15, 0.2) is 60.7 Å². The summed E-state index contributed by atoms with van der Waals surface area (Å²) in [6.07, 6.45) is 3.72. The molecule has 2 aromatic carbocycles. The lowest BCUT2D eigenvalue weighted by Crippen LogP contribution is -2.50. The summed E-state index contributed by atoms with van der Waals surface area (Å²) in [4.78, 5) is 56.5. The Labute approximate surface area is 195 Å². The Bertz CT molecular complexity index is 1110. The van der Waals surface area contributed by atoms with Crippen molar-refractivity contribution in [3.05, 3.63) is 60.7 Å². The number of rotatable bonds is 4. The Morgan fingerprint density at radius 3 is 1.09 bits per heavy atom. The molecule has 2 aromatic rings. The van der Waals surface area contributed by atoms with Crippen LogP contribution in [0.2, 0.25) is 0 Å². The highest BCUT2D eigenvalue weighted by atomic mass is 16.5. The number of carbonyl (C=O) groups is 4. The number of hydrogen-bond acceptors (Lipinski definition) is 6. The molecule has 34 heavy (non-hydrogen) atoms. The summed E-state index contributed by atoms with van der Waals surface area (Å²) in [5.41, 5.74) is 0.930. The summed E-state index contributed by atoms with van der Waals surface area (Å²) in [5.74, 6) is -3.66. The van der Waals surface area contributed by atoms with E-state index in [1.54, 1.807) is 62.8 Å². The first-order chi connectivity index (χ1) is 16.5. The van der Waals surface area contributed by atoms with Gasteiger partial charge < -0.3 is 9.47 Å². The molecule has 0 spiro atoms. The first kappa shape index (κ1) is 20.7. The molecule has 0 aromatic heterocycles. The number of carbonyl (C=O) groups excluding carboxylic acids is 4. The fourth-order valence-corrected chi connectivity index (χ4v) is 6.20. The third-order valence-electron chi connectivity index (χ3n) is 7.67. The Morgan fingerprint density at radius 2 is 0.824 bits per heavy atom. The van der Waals surface area contributed by atoms with E-state index in [4.69, 9.17) is 9.47 Å². The average molecular weight is 458 g/mol. The minimum absolute atomic E-state index is 0.318. The van der Waals surface area contributed by atoms with Crippen LogP contribution in [0.1, 0.15) is 0 Å². The number of ether oxygens (including phenoxy) is 2. The van der Waals surface area contributed by atoms with Crippen LogP contribution in [-0.2, 0) is 19.2 Å². The van der Waals surface area contributed by atoms with Crippen LogP contribution >= 0.6 is 0 Å². The SMILES string of the molecule is COc1ccc(N2C(=O)C3C4C=CC(C3C2=O)C2C(=O)N(c3ccc(OC)cc3)C(=O)C42)cc1. The Balaban J connectivity index is 1.35. The zero-order valence-electron chi connectivity index (χ0n) is 18.6. The van der Waals surface area contributed by atoms with Crippen molar-refractivity contribution >= 4 is 35.0 Å². The summed E-state index contributed by atoms with van der Waals surface area (Å²) < 4.78 is 10.3. The van der Waals surface area contributed by atoms with Crippen molar-refractivity contribution in [2.75, 3.05) is 24.0 Å². The second kappa shape index (κ2) is 7.28. The summed E-state index contributed by atoms with van der Waals surface area (Å²) in [6, 6.07) is 13.5. The van der Waals surface area contributed by atoms with Gasteiger partial charge in [0, 0.05) is 11.8 Å². The van der Waals surface area contributed by atoms with Gasteiger partial charge in [-0.2, -0.15) is 0 Å². The second-order valence-electron chi connectivity index (χ2n) is 9.06. The van der Waals surface area contributed by atoms with Crippen LogP contribution in [0.25, 0.3) is 0 Å². The number of amides is 4. The van der Waals surface area contributed by atoms with Crippen molar-refractivity contribution in [2.24, 2.45) is 35.5 Å². The van der Waals surface area contributed by atoms with Gasteiger partial charge in [-0.15, -0.1) is 0 Å². The molecule has 2 bridgehead atoms. The number of methoxy groups -OCH3 is 2. The summed E-state index contributed by atoms with van der Waals surface area (Å²) in [6.45, 7) is 0. The fraction of sp³-hybridized carbons (Fsp3) is 0.308. The lowest BCUT2D eigenvalue weighted by molar-refractivity contribution is -0.137. The highest BCUT2D eigenvalue weighted by Gasteiger charge is 2.68. The molecule has 4 unspecified atom stereocenters. The Hall–Kier alpha value is -3.94. The van der Waals surface area contributed by atoms with Gasteiger partial charge >= 0.3 is 0 Å². The number of allylic oxidation sites excluding steroid dienone is 2. The van der Waals surface area contributed by atoms with Crippen LogP contribution < -0.4 is 19.3 Å². The molecule has 2 heterocycles. The normalized spacial score (nSPS) is 31.2. The highest BCUT2D eigenvalue weighted by Crippen LogP contribution is 2.58. The first-order valence-electron chi connectivity index (χ1n) is 11.2. The van der Waals surface area contributed by atoms with Crippen LogP contribution in [0, 0.1) is 35.5 Å². The molecule has 172 valence electrons. The van der Waals surface area contributed by atoms with Gasteiger partial charge in [-0.3, -0.25) is 29.0 Å². The van der Waals surface area contributed by atoms with Gasteiger partial charge in [-0.25, -0.2) is 0 Å². The molecule has 2 saturated heterocycles. The van der Waals surface area contributed by atoms with Crippen molar-refractivity contribution in [3.8, 4) is 11.5 Å². The van der Waals surface area contributed by atoms with Crippen molar-refractivity contribution in [2.45, 2.75) is 0 Å². The number of imide groups is 2. The maximum Gasteiger partial charge on any atom is 0.238 e. The zero-order valence-corrected chi connectivity index (χ0v) is 18.6. The number of benzene rings is 2. The average Bonchev–Trinajstić information content (AvgIpc) is 3.31. The van der Waals surface area contributed by atoms with Crippen molar-refractivity contribution in [1.29, 1.82) is 0 Å². The van der Waals surface area contributed by atoms with Crippen LogP contribution in [0.4, 0.5) is 11.4 Å². The predicted molar refractivity (Wildman–Crippen MR) is 121 cm³/mol. The molecule has 3 aliphatic carbocycles. The van der Waals surface area contributed by atoms with E-state index < -0.39 is 35.5 Å². The fourth-order valence-electron chi connectivity index (χ4n) is 6.20. The van der Waals surface area contributed by atoms with Crippen LogP contribution in [-0.4, -0.2) is 37.8 Å². The minimum atomic E-state index is -0.654. The number of nitrogens with zero attached hydrogens (tertiary/aromatic N) is 2. The zero-order chi connectivity index (χ0) is 23.7. The molecule has 2 aliphatic heterocycles. The van der Waals surface area contributed by atoms with E-state index in [2.05, 4.69) is 0 Å². The quantitative estimate of drug-likeness (QED) is 0.516. The van der Waals surface area contributed by atoms with E-state index in [9.17, 15) is 19.2 Å². The molecule has 8 heteroatoms. The first-order valence-corrected chi connectivity index (χ1v) is 11.2. The second-order valence-corrected chi connectivity index (χ2v) is 9.06. The summed E-state index contributed by atoms with van der Waals surface area (Å²) >= 11 is 0. The maximum absolute atomic E-state index is 13.5. The Morgan fingerprint density at radius 1 is 0.529 bits per heavy atom. The van der Waals surface area contributed by atoms with Crippen molar-refractivity contribution in [3.63, 3.8) is 0 Å². The number of anilines is 2. The summed E-state index contributed by atoms with van der Waals surface area (Å²) in [5, 5.41) is 0. The van der Waals surface area contributed by atoms with Gasteiger partial charge in [0.1, 0.15) is 11.5 Å². The molecule has 1 saturated carbocycles. The topological polar surface area (TPSA) is 93.2 Å². The molecular formula is C26H22N2O6. The number of hydrogen-bond donors (Lipinski definition) is 0. The summed E-state index contributed by atoms with van der Waals surface area (Å²) in [7, 11) is 3.09. The molecule has 0 radical (unpaired) electrons. The molecular weight excluding hydrogens is 436 g/mol. The van der Waals surface area contributed by atoms with Crippen LogP contribution in [0.3, 0.4) is 0 Å². The van der Waals surface area contributed by atoms with Gasteiger partial charge in [0.15, 0.2) is 0 Å². The van der Waals surface area contributed by atoms with E-state index in [1.807, 2.05) is 12.2 Å². The molecule has 0 N–H and O–H groups in total. The van der Waals surface area contributed by atoms with Crippen molar-refractivity contribution in [1.82, 2.24) is 0 Å². The van der Waals surface area contributed by atoms with E-state index in [0.717, 1.165) is 0 Å². The van der Waals surface area contributed by atoms with Gasteiger partial charge in [0.2, 0.25) is 23.6 Å². The van der Waals surface area contributed by atoms with E-state index in [0.29, 0.717) is 22.9 Å². The van der Waals surface area contributed by atoms with E-state index >= 15 is 0 Å². The minimum Gasteiger partial charge on any atom is -0.497 e. The lowest BCUT2D eigenvalue weighted by atomic mass is 9.54. The largest absolute Gasteiger partial charge is 0.497 e. The third-order valence-corrected chi connectivity index (χ3v) is 7.67. The highest BCUT2D eigenvalue weighted by molar-refractivity contribution is 6.26. The predicted octanol–water partition coefficient (Wildman–Crippen LogP) is 2.43. The molecule has 3 fully saturated rings. The monoisotopic (exact) mass is 458 g/mol. The molecule has 5 aliphatic rings. The van der Waals surface area contributed by atoms with E-state index in [-0.39, 0.29) is 23.6 Å². The van der Waals surface area contributed by atoms with Gasteiger partial charge in [-0.1, -0.05) is 12.2 Å². The standard InChI is InChI=1S/C26H22N2O6/c1-33-15-7-3-13(4-8-15)27-23(29)19-17-11-12-18(20(19)24(27)30)22-21(17)25(31)28(26(22)32)14-5-9-16(34-2)10-6-14/h3-12,17-22H,1-2H3.